The predicted molar refractivity (Wildman–Crippen MR) is 103 cm³/mol. The number of amides is 1. The Morgan fingerprint density at radius 2 is 2.08 bits per heavy atom. The van der Waals surface area contributed by atoms with Crippen molar-refractivity contribution in [2.45, 2.75) is 20.4 Å². The fourth-order valence-electron chi connectivity index (χ4n) is 3.09. The first-order valence-electron chi connectivity index (χ1n) is 8.46. The van der Waals surface area contributed by atoms with Crippen LogP contribution in [0.25, 0.3) is 21.9 Å². The van der Waals surface area contributed by atoms with E-state index in [9.17, 15) is 9.59 Å². The van der Waals surface area contributed by atoms with E-state index in [0.29, 0.717) is 23.3 Å². The van der Waals surface area contributed by atoms with E-state index in [1.165, 1.54) is 0 Å². The molecule has 130 valence electrons. The van der Waals surface area contributed by atoms with Gasteiger partial charge in [-0.2, -0.15) is 0 Å². The number of pyridine rings is 2. The van der Waals surface area contributed by atoms with Crippen molar-refractivity contribution in [1.29, 1.82) is 0 Å². The van der Waals surface area contributed by atoms with Crippen molar-refractivity contribution >= 4 is 33.5 Å². The summed E-state index contributed by atoms with van der Waals surface area (Å²) < 4.78 is 1.83. The van der Waals surface area contributed by atoms with Gasteiger partial charge in [0, 0.05) is 35.8 Å². The second-order valence-electron chi connectivity index (χ2n) is 6.22. The van der Waals surface area contributed by atoms with Crippen molar-refractivity contribution in [3.8, 4) is 0 Å². The molecule has 0 saturated heterocycles. The van der Waals surface area contributed by atoms with Crippen molar-refractivity contribution in [3.05, 3.63) is 70.3 Å². The van der Waals surface area contributed by atoms with Crippen LogP contribution in [0.5, 0.6) is 0 Å². The van der Waals surface area contributed by atoms with Gasteiger partial charge in [-0.3, -0.25) is 9.59 Å². The lowest BCUT2D eigenvalue weighted by molar-refractivity contribution is 0.102. The van der Waals surface area contributed by atoms with Crippen LogP contribution in [0.3, 0.4) is 0 Å². The number of aryl methyl sites for hydroxylation is 2. The largest absolute Gasteiger partial charge is 0.361 e. The Labute approximate surface area is 149 Å². The van der Waals surface area contributed by atoms with Crippen LogP contribution in [0, 0.1) is 6.92 Å². The van der Waals surface area contributed by atoms with Crippen LogP contribution in [0.15, 0.2) is 53.6 Å². The first-order valence-corrected chi connectivity index (χ1v) is 8.46. The van der Waals surface area contributed by atoms with Gasteiger partial charge in [0.15, 0.2) is 0 Å². The van der Waals surface area contributed by atoms with Gasteiger partial charge >= 0.3 is 0 Å². The van der Waals surface area contributed by atoms with Gasteiger partial charge in [-0.1, -0.05) is 6.07 Å². The molecule has 6 nitrogen and oxygen atoms in total. The number of hydrogen-bond acceptors (Lipinski definition) is 3. The number of benzene rings is 1. The Hall–Kier alpha value is -3.41. The average molecular weight is 346 g/mol. The Balaban J connectivity index is 1.77. The Morgan fingerprint density at radius 3 is 2.88 bits per heavy atom. The van der Waals surface area contributed by atoms with Crippen LogP contribution in [-0.4, -0.2) is 20.4 Å². The molecule has 0 radical (unpaired) electrons. The molecule has 2 N–H and O–H groups in total. The number of carbonyl (C=O) groups is 1. The van der Waals surface area contributed by atoms with E-state index in [0.717, 1.165) is 16.6 Å². The molecule has 0 saturated carbocycles. The maximum Gasteiger partial charge on any atom is 0.261 e. The molecule has 4 rings (SSSR count). The summed E-state index contributed by atoms with van der Waals surface area (Å²) in [5.41, 5.74) is 2.78. The molecule has 4 aromatic rings. The summed E-state index contributed by atoms with van der Waals surface area (Å²) in [5.74, 6) is -0.425. The predicted octanol–water partition coefficient (Wildman–Crippen LogP) is 3.46. The molecule has 0 spiro atoms. The first kappa shape index (κ1) is 16.1. The highest BCUT2D eigenvalue weighted by Crippen LogP contribution is 2.18. The number of rotatable bonds is 3. The van der Waals surface area contributed by atoms with Crippen LogP contribution in [0.2, 0.25) is 0 Å². The van der Waals surface area contributed by atoms with E-state index in [-0.39, 0.29) is 11.0 Å². The summed E-state index contributed by atoms with van der Waals surface area (Å²) in [6, 6.07) is 11.0. The number of anilines is 1. The number of H-pyrrole nitrogens is 1. The first-order chi connectivity index (χ1) is 12.6. The molecule has 3 heterocycles. The van der Waals surface area contributed by atoms with Gasteiger partial charge in [0.25, 0.3) is 5.91 Å². The van der Waals surface area contributed by atoms with Crippen molar-refractivity contribution < 1.29 is 4.79 Å². The molecule has 6 heteroatoms. The molecule has 0 bridgehead atoms. The third-order valence-corrected chi connectivity index (χ3v) is 4.46. The molecule has 0 atom stereocenters. The third kappa shape index (κ3) is 2.65. The van der Waals surface area contributed by atoms with Gasteiger partial charge in [0.1, 0.15) is 11.2 Å². The van der Waals surface area contributed by atoms with E-state index < -0.39 is 5.91 Å². The van der Waals surface area contributed by atoms with Gasteiger partial charge in [0.05, 0.1) is 5.39 Å². The molecule has 3 aromatic heterocycles. The lowest BCUT2D eigenvalue weighted by atomic mass is 10.1. The maximum atomic E-state index is 12.8. The molecule has 26 heavy (non-hydrogen) atoms. The molecule has 0 aliphatic rings. The normalized spacial score (nSPS) is 11.2. The third-order valence-electron chi connectivity index (χ3n) is 4.46. The molecule has 0 fully saturated rings. The number of fused-ring (bicyclic) bond motifs is 2. The number of hydrogen-bond donors (Lipinski definition) is 2. The summed E-state index contributed by atoms with van der Waals surface area (Å²) in [6.45, 7) is 4.44. The zero-order chi connectivity index (χ0) is 18.3. The van der Waals surface area contributed by atoms with Crippen LogP contribution in [0.1, 0.15) is 23.0 Å². The van der Waals surface area contributed by atoms with Gasteiger partial charge in [-0.15, -0.1) is 0 Å². The minimum Gasteiger partial charge on any atom is -0.361 e. The molecule has 1 aromatic carbocycles. The van der Waals surface area contributed by atoms with Gasteiger partial charge in [0.2, 0.25) is 5.43 Å². The van der Waals surface area contributed by atoms with Crippen LogP contribution in [0.4, 0.5) is 5.69 Å². The summed E-state index contributed by atoms with van der Waals surface area (Å²) in [7, 11) is 0. The SMILES string of the molecule is CCn1cc(C(=O)Nc2ccc3cc[nH]c3c2)c(=O)c2ccc(C)nc21. The lowest BCUT2D eigenvalue weighted by Crippen LogP contribution is -2.24. The zero-order valence-corrected chi connectivity index (χ0v) is 14.5. The summed E-state index contributed by atoms with van der Waals surface area (Å²) >= 11 is 0. The second-order valence-corrected chi connectivity index (χ2v) is 6.22. The lowest BCUT2D eigenvalue weighted by Gasteiger charge is -2.11. The number of nitrogens with one attached hydrogen (secondary N) is 2. The number of nitrogens with zero attached hydrogens (tertiary/aromatic N) is 2. The minimum atomic E-state index is -0.425. The van der Waals surface area contributed by atoms with Crippen LogP contribution < -0.4 is 10.7 Å². The number of aromatic nitrogens is 3. The van der Waals surface area contributed by atoms with Crippen molar-refractivity contribution in [1.82, 2.24) is 14.5 Å². The average Bonchev–Trinajstić information content (AvgIpc) is 3.09. The monoisotopic (exact) mass is 346 g/mol. The summed E-state index contributed by atoms with van der Waals surface area (Å²) in [4.78, 5) is 33.1. The highest BCUT2D eigenvalue weighted by molar-refractivity contribution is 6.06. The van der Waals surface area contributed by atoms with Crippen molar-refractivity contribution in [2.75, 3.05) is 5.32 Å². The number of carbonyl (C=O) groups excluding carboxylic acids is 1. The van der Waals surface area contributed by atoms with E-state index >= 15 is 0 Å². The fraction of sp³-hybridized carbons (Fsp3) is 0.150. The summed E-state index contributed by atoms with van der Waals surface area (Å²) in [5, 5.41) is 4.32. The molecule has 0 aliphatic carbocycles. The van der Waals surface area contributed by atoms with Gasteiger partial charge in [-0.05, 0) is 49.6 Å². The van der Waals surface area contributed by atoms with Crippen LogP contribution in [-0.2, 0) is 6.54 Å². The van der Waals surface area contributed by atoms with E-state index in [2.05, 4.69) is 15.3 Å². The zero-order valence-electron chi connectivity index (χ0n) is 14.5. The second kappa shape index (κ2) is 6.15. The Morgan fingerprint density at radius 1 is 1.23 bits per heavy atom. The highest BCUT2D eigenvalue weighted by atomic mass is 16.2. The van der Waals surface area contributed by atoms with E-state index in [1.54, 1.807) is 18.3 Å². The Bertz CT molecular complexity index is 1200. The quantitative estimate of drug-likeness (QED) is 0.596. The summed E-state index contributed by atoms with van der Waals surface area (Å²) in [6.07, 6.45) is 3.42. The fourth-order valence-corrected chi connectivity index (χ4v) is 3.09. The van der Waals surface area contributed by atoms with Crippen molar-refractivity contribution in [3.63, 3.8) is 0 Å². The van der Waals surface area contributed by atoms with E-state index in [4.69, 9.17) is 0 Å². The molecule has 0 aliphatic heterocycles. The smallest absolute Gasteiger partial charge is 0.261 e. The molecular weight excluding hydrogens is 328 g/mol. The molecule has 1 amide bonds. The van der Waals surface area contributed by atoms with Crippen molar-refractivity contribution in [2.24, 2.45) is 0 Å². The molecular formula is C20H18N4O2. The standard InChI is InChI=1S/C20H18N4O2/c1-3-24-11-16(18(25)15-7-4-12(2)22-19(15)24)20(26)23-14-6-5-13-8-9-21-17(13)10-14/h4-11,21H,3H2,1-2H3,(H,23,26). The highest BCUT2D eigenvalue weighted by Gasteiger charge is 2.16. The topological polar surface area (TPSA) is 79.8 Å². The van der Waals surface area contributed by atoms with Crippen LogP contribution >= 0.6 is 0 Å². The minimum absolute atomic E-state index is 0.108. The Kier molecular flexibility index (Phi) is 3.80. The van der Waals surface area contributed by atoms with E-state index in [1.807, 2.05) is 48.9 Å². The van der Waals surface area contributed by atoms with Gasteiger partial charge in [-0.25, -0.2) is 4.98 Å². The number of aromatic amines is 1. The van der Waals surface area contributed by atoms with Gasteiger partial charge < -0.3 is 14.9 Å². The maximum absolute atomic E-state index is 12.8. The molecule has 0 unspecified atom stereocenters.